The SMILES string of the molecule is CN1C[C@@H]2C[C@]2(C#Cc2cc3ncnc(Nc4cccc(Cl)c4F)c3cc2[N+](=O)[O-])C1. The molecule has 31 heavy (non-hydrogen) atoms. The van der Waals surface area contributed by atoms with Crippen molar-refractivity contribution in [2.24, 2.45) is 11.3 Å². The molecule has 1 aromatic heterocycles. The first-order chi connectivity index (χ1) is 14.9. The van der Waals surface area contributed by atoms with Gasteiger partial charge in [0, 0.05) is 30.0 Å². The summed E-state index contributed by atoms with van der Waals surface area (Å²) in [7, 11) is 2.06. The third kappa shape index (κ3) is 3.46. The smallest absolute Gasteiger partial charge is 0.285 e. The predicted octanol–water partition coefficient (Wildman–Crippen LogP) is 4.38. The van der Waals surface area contributed by atoms with E-state index in [0.717, 1.165) is 19.5 Å². The van der Waals surface area contributed by atoms with Crippen LogP contribution in [0.3, 0.4) is 0 Å². The van der Waals surface area contributed by atoms with Crippen molar-refractivity contribution in [1.29, 1.82) is 0 Å². The second-order valence-electron chi connectivity index (χ2n) is 8.10. The summed E-state index contributed by atoms with van der Waals surface area (Å²) in [5.41, 5.74) is 0.710. The van der Waals surface area contributed by atoms with Gasteiger partial charge >= 0.3 is 0 Å². The Labute approximate surface area is 182 Å². The normalized spacial score (nSPS) is 22.0. The summed E-state index contributed by atoms with van der Waals surface area (Å²) in [5.74, 6) is 6.48. The highest BCUT2D eigenvalue weighted by Crippen LogP contribution is 2.56. The van der Waals surface area contributed by atoms with Crippen LogP contribution in [0.4, 0.5) is 21.6 Å². The standard InChI is InChI=1S/C22H17ClFN5O2/c1-28-10-14-9-22(14,11-28)6-5-13-7-18-15(8-19(13)29(30)31)21(26-12-25-18)27-17-4-2-3-16(23)20(17)24/h2-4,7-8,12,14H,9-11H2,1H3,(H,25,26,27)/t14-,22+/m0/s1. The molecule has 1 saturated carbocycles. The van der Waals surface area contributed by atoms with E-state index in [1.54, 1.807) is 12.1 Å². The number of hydrogen-bond donors (Lipinski definition) is 1. The van der Waals surface area contributed by atoms with Crippen LogP contribution in [0.1, 0.15) is 12.0 Å². The van der Waals surface area contributed by atoms with E-state index >= 15 is 0 Å². The van der Waals surface area contributed by atoms with Gasteiger partial charge in [0.05, 0.1) is 21.2 Å². The lowest BCUT2D eigenvalue weighted by Gasteiger charge is -2.11. The van der Waals surface area contributed by atoms with Gasteiger partial charge in [-0.1, -0.05) is 29.5 Å². The van der Waals surface area contributed by atoms with Gasteiger partial charge < -0.3 is 10.2 Å². The Balaban J connectivity index is 1.57. The van der Waals surface area contributed by atoms with E-state index in [0.29, 0.717) is 22.4 Å². The molecule has 156 valence electrons. The summed E-state index contributed by atoms with van der Waals surface area (Å²) in [6.07, 6.45) is 2.35. The highest BCUT2D eigenvalue weighted by molar-refractivity contribution is 6.31. The Hall–Kier alpha value is -3.28. The number of piperidine rings is 1. The number of fused-ring (bicyclic) bond motifs is 2. The molecule has 7 nitrogen and oxygen atoms in total. The van der Waals surface area contributed by atoms with Crippen LogP contribution in [-0.4, -0.2) is 39.9 Å². The first-order valence-corrected chi connectivity index (χ1v) is 10.1. The number of hydrogen-bond acceptors (Lipinski definition) is 6. The minimum absolute atomic E-state index is 0.0396. The second kappa shape index (κ2) is 7.15. The molecule has 5 rings (SSSR count). The molecule has 1 N–H and O–H groups in total. The first-order valence-electron chi connectivity index (χ1n) is 9.72. The van der Waals surface area contributed by atoms with Gasteiger partial charge in [0.25, 0.3) is 5.69 Å². The molecule has 1 saturated heterocycles. The maximum atomic E-state index is 14.3. The highest BCUT2D eigenvalue weighted by Gasteiger charge is 2.58. The van der Waals surface area contributed by atoms with Crippen LogP contribution >= 0.6 is 11.6 Å². The van der Waals surface area contributed by atoms with Crippen LogP contribution in [0, 0.1) is 39.1 Å². The van der Waals surface area contributed by atoms with E-state index in [9.17, 15) is 14.5 Å². The largest absolute Gasteiger partial charge is 0.337 e. The van der Waals surface area contributed by atoms with Crippen LogP contribution in [0.15, 0.2) is 36.7 Å². The Kier molecular flexibility index (Phi) is 4.54. The molecule has 1 aliphatic heterocycles. The molecule has 0 bridgehead atoms. The summed E-state index contributed by atoms with van der Waals surface area (Å²) in [5, 5.41) is 15.0. The van der Waals surface area contributed by atoms with E-state index in [4.69, 9.17) is 11.6 Å². The van der Waals surface area contributed by atoms with Crippen LogP contribution < -0.4 is 5.32 Å². The summed E-state index contributed by atoms with van der Waals surface area (Å²) < 4.78 is 14.3. The molecule has 2 aromatic carbocycles. The maximum Gasteiger partial charge on any atom is 0.285 e. The van der Waals surface area contributed by atoms with E-state index in [2.05, 4.69) is 39.1 Å². The summed E-state index contributed by atoms with van der Waals surface area (Å²) >= 11 is 5.84. The number of likely N-dealkylation sites (tertiary alicyclic amines) is 1. The van der Waals surface area contributed by atoms with Crippen molar-refractivity contribution >= 4 is 39.7 Å². The fourth-order valence-electron chi connectivity index (χ4n) is 4.29. The van der Waals surface area contributed by atoms with Gasteiger partial charge in [-0.2, -0.15) is 0 Å². The van der Waals surface area contributed by atoms with Gasteiger partial charge in [-0.05, 0) is 37.6 Å². The minimum Gasteiger partial charge on any atom is -0.337 e. The van der Waals surface area contributed by atoms with Gasteiger partial charge in [0.15, 0.2) is 5.82 Å². The topological polar surface area (TPSA) is 84.2 Å². The summed E-state index contributed by atoms with van der Waals surface area (Å²) in [4.78, 5) is 21.9. The number of aromatic nitrogens is 2. The van der Waals surface area contributed by atoms with Gasteiger partial charge in [0.1, 0.15) is 17.7 Å². The number of nitrogens with one attached hydrogen (secondary N) is 1. The van der Waals surface area contributed by atoms with Crippen LogP contribution in [-0.2, 0) is 0 Å². The number of nitro benzene ring substituents is 1. The van der Waals surface area contributed by atoms with Crippen molar-refractivity contribution in [2.75, 3.05) is 25.5 Å². The number of nitrogens with zero attached hydrogens (tertiary/aromatic N) is 4. The fraction of sp³-hybridized carbons (Fsp3) is 0.273. The van der Waals surface area contributed by atoms with Crippen molar-refractivity contribution in [3.63, 3.8) is 0 Å². The van der Waals surface area contributed by atoms with Crippen molar-refractivity contribution in [3.05, 3.63) is 63.2 Å². The summed E-state index contributed by atoms with van der Waals surface area (Å²) in [6.45, 7) is 1.89. The molecule has 3 aromatic rings. The van der Waals surface area contributed by atoms with E-state index in [-0.39, 0.29) is 27.6 Å². The predicted molar refractivity (Wildman–Crippen MR) is 116 cm³/mol. The lowest BCUT2D eigenvalue weighted by molar-refractivity contribution is -0.385. The minimum atomic E-state index is -0.632. The van der Waals surface area contributed by atoms with Crippen molar-refractivity contribution < 1.29 is 9.31 Å². The Morgan fingerprint density at radius 3 is 2.97 bits per heavy atom. The zero-order chi connectivity index (χ0) is 21.8. The molecule has 9 heteroatoms. The van der Waals surface area contributed by atoms with E-state index in [1.165, 1.54) is 24.5 Å². The number of rotatable bonds is 3. The monoisotopic (exact) mass is 437 g/mol. The van der Waals surface area contributed by atoms with Crippen LogP contribution in [0.2, 0.25) is 5.02 Å². The molecule has 0 unspecified atom stereocenters. The number of halogens is 2. The molecule has 2 fully saturated rings. The first kappa shape index (κ1) is 19.7. The van der Waals surface area contributed by atoms with Gasteiger partial charge in [-0.15, -0.1) is 0 Å². The van der Waals surface area contributed by atoms with Crippen molar-refractivity contribution in [3.8, 4) is 11.8 Å². The summed E-state index contributed by atoms with van der Waals surface area (Å²) in [6, 6.07) is 7.51. The molecule has 2 aliphatic rings. The molecule has 0 radical (unpaired) electrons. The molecule has 2 heterocycles. The number of benzene rings is 2. The van der Waals surface area contributed by atoms with E-state index in [1.807, 2.05) is 0 Å². The molecule has 0 spiro atoms. The van der Waals surface area contributed by atoms with Crippen molar-refractivity contribution in [1.82, 2.24) is 14.9 Å². The van der Waals surface area contributed by atoms with E-state index < -0.39 is 10.7 Å². The molecule has 0 amide bonds. The molecular formula is C22H17ClFN5O2. The molecule has 1 aliphatic carbocycles. The van der Waals surface area contributed by atoms with Crippen molar-refractivity contribution in [2.45, 2.75) is 6.42 Å². The second-order valence-corrected chi connectivity index (χ2v) is 8.50. The zero-order valence-electron chi connectivity index (χ0n) is 16.5. The number of nitro groups is 1. The molecule has 2 atom stereocenters. The highest BCUT2D eigenvalue weighted by atomic mass is 35.5. The van der Waals surface area contributed by atoms with Gasteiger partial charge in [-0.3, -0.25) is 10.1 Å². The fourth-order valence-corrected chi connectivity index (χ4v) is 4.47. The van der Waals surface area contributed by atoms with Gasteiger partial charge in [-0.25, -0.2) is 14.4 Å². The maximum absolute atomic E-state index is 14.3. The average Bonchev–Trinajstić information content (AvgIpc) is 3.30. The Bertz CT molecular complexity index is 1300. The number of anilines is 2. The zero-order valence-corrected chi connectivity index (χ0v) is 17.3. The lowest BCUT2D eigenvalue weighted by Crippen LogP contribution is -2.19. The average molecular weight is 438 g/mol. The third-order valence-electron chi connectivity index (χ3n) is 5.92. The molecular weight excluding hydrogens is 421 g/mol. The Morgan fingerprint density at radius 1 is 1.39 bits per heavy atom. The van der Waals surface area contributed by atoms with Gasteiger partial charge in [0.2, 0.25) is 0 Å². The quantitative estimate of drug-likeness (QED) is 0.372. The van der Waals surface area contributed by atoms with Crippen LogP contribution in [0.5, 0.6) is 0 Å². The Morgan fingerprint density at radius 2 is 2.23 bits per heavy atom. The lowest BCUT2D eigenvalue weighted by atomic mass is 10.0. The third-order valence-corrected chi connectivity index (χ3v) is 6.21. The van der Waals surface area contributed by atoms with Crippen LogP contribution in [0.25, 0.3) is 10.9 Å².